The van der Waals surface area contributed by atoms with Crippen molar-refractivity contribution in [2.75, 3.05) is 4.90 Å². The van der Waals surface area contributed by atoms with Crippen molar-refractivity contribution in [3.05, 3.63) is 39.9 Å². The average molecular weight is 314 g/mol. The number of carbonyl (C=O) groups excluding carboxylic acids is 2. The van der Waals surface area contributed by atoms with E-state index in [1.165, 1.54) is 18.2 Å². The number of amides is 2. The fraction of sp³-hybridized carbons (Fsp3) is 0.286. The number of hydrogen-bond donors (Lipinski definition) is 0. The monoisotopic (exact) mass is 313 g/mol. The van der Waals surface area contributed by atoms with Gasteiger partial charge in [0.15, 0.2) is 0 Å². The van der Waals surface area contributed by atoms with Crippen molar-refractivity contribution in [2.45, 2.75) is 26.4 Å². The van der Waals surface area contributed by atoms with Crippen LogP contribution in [0.5, 0.6) is 0 Å². The van der Waals surface area contributed by atoms with E-state index in [1.54, 1.807) is 13.0 Å². The SMILES string of the molecule is CC(C)=CC1(C)OC(=O)N(c2cc(Cl)cc(Cl)c2)C1=O. The van der Waals surface area contributed by atoms with Crippen LogP contribution in [0.2, 0.25) is 10.0 Å². The smallest absolute Gasteiger partial charge is 0.422 e. The first-order chi connectivity index (χ1) is 9.23. The highest BCUT2D eigenvalue weighted by molar-refractivity contribution is 6.35. The van der Waals surface area contributed by atoms with Gasteiger partial charge in [0.1, 0.15) is 0 Å². The van der Waals surface area contributed by atoms with Gasteiger partial charge in [-0.25, -0.2) is 9.69 Å². The molecule has 2 amide bonds. The highest BCUT2D eigenvalue weighted by Gasteiger charge is 2.50. The van der Waals surface area contributed by atoms with E-state index in [9.17, 15) is 9.59 Å². The minimum absolute atomic E-state index is 0.295. The van der Waals surface area contributed by atoms with Gasteiger partial charge in [-0.15, -0.1) is 0 Å². The summed E-state index contributed by atoms with van der Waals surface area (Å²) in [4.78, 5) is 25.4. The van der Waals surface area contributed by atoms with Crippen molar-refractivity contribution in [3.8, 4) is 0 Å². The lowest BCUT2D eigenvalue weighted by molar-refractivity contribution is -0.125. The van der Waals surface area contributed by atoms with Gasteiger partial charge >= 0.3 is 6.09 Å². The van der Waals surface area contributed by atoms with Crippen molar-refractivity contribution >= 4 is 40.9 Å². The molecule has 1 aliphatic heterocycles. The molecule has 0 N–H and O–H groups in total. The molecule has 0 saturated carbocycles. The average Bonchev–Trinajstić information content (AvgIpc) is 2.46. The summed E-state index contributed by atoms with van der Waals surface area (Å²) in [7, 11) is 0. The van der Waals surface area contributed by atoms with E-state index in [1.807, 2.05) is 13.8 Å². The number of ether oxygens (including phenoxy) is 1. The largest absolute Gasteiger partial charge is 0.428 e. The van der Waals surface area contributed by atoms with Gasteiger partial charge in [0.25, 0.3) is 5.91 Å². The number of allylic oxidation sites excluding steroid dienone is 1. The van der Waals surface area contributed by atoms with E-state index >= 15 is 0 Å². The highest BCUT2D eigenvalue weighted by Crippen LogP contribution is 2.33. The van der Waals surface area contributed by atoms with Crippen molar-refractivity contribution in [3.63, 3.8) is 0 Å². The lowest BCUT2D eigenvalue weighted by Gasteiger charge is -2.16. The summed E-state index contributed by atoms with van der Waals surface area (Å²) >= 11 is 11.8. The summed E-state index contributed by atoms with van der Waals surface area (Å²) in [6.07, 6.45) is 0.868. The third kappa shape index (κ3) is 2.67. The van der Waals surface area contributed by atoms with Gasteiger partial charge in [-0.1, -0.05) is 28.8 Å². The molecule has 1 atom stereocenters. The molecule has 1 heterocycles. The molecule has 20 heavy (non-hydrogen) atoms. The molecule has 106 valence electrons. The normalized spacial score (nSPS) is 21.9. The Bertz CT molecular complexity index is 603. The Morgan fingerprint density at radius 2 is 1.75 bits per heavy atom. The maximum absolute atomic E-state index is 12.4. The maximum Gasteiger partial charge on any atom is 0.422 e. The Labute approximate surface area is 126 Å². The maximum atomic E-state index is 12.4. The summed E-state index contributed by atoms with van der Waals surface area (Å²) in [5, 5.41) is 0.674. The number of benzene rings is 1. The summed E-state index contributed by atoms with van der Waals surface area (Å²) in [6, 6.07) is 4.50. The van der Waals surface area contributed by atoms with Crippen LogP contribution in [0.1, 0.15) is 20.8 Å². The van der Waals surface area contributed by atoms with Gasteiger partial charge in [-0.05, 0) is 45.0 Å². The number of carbonyl (C=O) groups is 2. The van der Waals surface area contributed by atoms with Crippen LogP contribution in [0.15, 0.2) is 29.8 Å². The number of nitrogens with zero attached hydrogens (tertiary/aromatic N) is 1. The third-order valence-electron chi connectivity index (χ3n) is 2.78. The zero-order valence-electron chi connectivity index (χ0n) is 11.2. The molecule has 2 rings (SSSR count). The second kappa shape index (κ2) is 5.11. The Kier molecular flexibility index (Phi) is 3.80. The highest BCUT2D eigenvalue weighted by atomic mass is 35.5. The molecule has 0 radical (unpaired) electrons. The first-order valence-electron chi connectivity index (χ1n) is 5.92. The van der Waals surface area contributed by atoms with E-state index in [4.69, 9.17) is 27.9 Å². The van der Waals surface area contributed by atoms with Crippen molar-refractivity contribution in [2.24, 2.45) is 0 Å². The summed E-state index contributed by atoms with van der Waals surface area (Å²) in [5.41, 5.74) is -0.131. The molecule has 6 heteroatoms. The molecule has 1 aliphatic rings. The number of anilines is 1. The summed E-state index contributed by atoms with van der Waals surface area (Å²) in [6.45, 7) is 5.20. The molecule has 0 bridgehead atoms. The van der Waals surface area contributed by atoms with Gasteiger partial charge in [0, 0.05) is 10.0 Å². The van der Waals surface area contributed by atoms with Crippen LogP contribution in [0.4, 0.5) is 10.5 Å². The number of hydrogen-bond acceptors (Lipinski definition) is 3. The Hall–Kier alpha value is -1.52. The van der Waals surface area contributed by atoms with E-state index < -0.39 is 17.6 Å². The molecule has 0 spiro atoms. The zero-order chi connectivity index (χ0) is 15.1. The summed E-state index contributed by atoms with van der Waals surface area (Å²) in [5.74, 6) is -0.470. The number of halogens is 2. The van der Waals surface area contributed by atoms with Crippen molar-refractivity contribution in [1.82, 2.24) is 0 Å². The minimum atomic E-state index is -1.30. The molecule has 1 aromatic carbocycles. The van der Waals surface area contributed by atoms with E-state index in [0.717, 1.165) is 10.5 Å². The van der Waals surface area contributed by atoms with E-state index in [-0.39, 0.29) is 0 Å². The fourth-order valence-electron chi connectivity index (χ4n) is 2.11. The van der Waals surface area contributed by atoms with Gasteiger partial charge in [0.05, 0.1) is 5.69 Å². The van der Waals surface area contributed by atoms with Crippen LogP contribution in [-0.4, -0.2) is 17.6 Å². The van der Waals surface area contributed by atoms with E-state index in [0.29, 0.717) is 15.7 Å². The van der Waals surface area contributed by atoms with Gasteiger partial charge < -0.3 is 4.74 Å². The standard InChI is InChI=1S/C14H13Cl2NO3/c1-8(2)7-14(3)12(18)17(13(19)20-14)11-5-9(15)4-10(16)6-11/h4-7H,1-3H3. The number of imide groups is 1. The second-order valence-corrected chi connectivity index (χ2v) is 5.84. The molecule has 0 aliphatic carbocycles. The predicted molar refractivity (Wildman–Crippen MR) is 78.3 cm³/mol. The van der Waals surface area contributed by atoms with Gasteiger partial charge in [0.2, 0.25) is 5.60 Å². The first-order valence-corrected chi connectivity index (χ1v) is 6.68. The zero-order valence-corrected chi connectivity index (χ0v) is 12.7. The molecule has 4 nitrogen and oxygen atoms in total. The van der Waals surface area contributed by atoms with Crippen molar-refractivity contribution < 1.29 is 14.3 Å². The van der Waals surface area contributed by atoms with Gasteiger partial charge in [-0.3, -0.25) is 4.79 Å². The Morgan fingerprint density at radius 3 is 2.25 bits per heavy atom. The second-order valence-electron chi connectivity index (χ2n) is 4.96. The Morgan fingerprint density at radius 1 is 1.20 bits per heavy atom. The molecule has 1 saturated heterocycles. The van der Waals surface area contributed by atoms with Crippen LogP contribution in [0.25, 0.3) is 0 Å². The molecule has 1 aromatic rings. The van der Waals surface area contributed by atoms with Crippen LogP contribution < -0.4 is 4.90 Å². The van der Waals surface area contributed by atoms with E-state index in [2.05, 4.69) is 0 Å². The third-order valence-corrected chi connectivity index (χ3v) is 3.22. The molecular weight excluding hydrogens is 301 g/mol. The molecule has 1 unspecified atom stereocenters. The number of rotatable bonds is 2. The van der Waals surface area contributed by atoms with Crippen LogP contribution in [0, 0.1) is 0 Å². The minimum Gasteiger partial charge on any atom is -0.428 e. The molecule has 0 aromatic heterocycles. The lowest BCUT2D eigenvalue weighted by atomic mass is 10.0. The van der Waals surface area contributed by atoms with Crippen LogP contribution in [-0.2, 0) is 9.53 Å². The predicted octanol–water partition coefficient (Wildman–Crippen LogP) is 4.20. The van der Waals surface area contributed by atoms with Crippen LogP contribution >= 0.6 is 23.2 Å². The molecular formula is C14H13Cl2NO3. The lowest BCUT2D eigenvalue weighted by Crippen LogP contribution is -2.37. The quantitative estimate of drug-likeness (QED) is 0.769. The summed E-state index contributed by atoms with van der Waals surface area (Å²) < 4.78 is 5.19. The van der Waals surface area contributed by atoms with Crippen molar-refractivity contribution in [1.29, 1.82) is 0 Å². The van der Waals surface area contributed by atoms with Crippen LogP contribution in [0.3, 0.4) is 0 Å². The Balaban J connectivity index is 2.46. The molecule has 1 fully saturated rings. The fourth-order valence-corrected chi connectivity index (χ4v) is 2.62. The first kappa shape index (κ1) is 14.9. The van der Waals surface area contributed by atoms with Gasteiger partial charge in [-0.2, -0.15) is 0 Å². The number of cyclic esters (lactones) is 1. The topological polar surface area (TPSA) is 46.6 Å².